The summed E-state index contributed by atoms with van der Waals surface area (Å²) in [6, 6.07) is 0. The Kier molecular flexibility index (Phi) is 5.76. The van der Waals surface area contributed by atoms with Crippen LogP contribution in [0.15, 0.2) is 11.8 Å². The smallest absolute Gasteiger partial charge is 0.357 e. The second-order valence-corrected chi connectivity index (χ2v) is 6.21. The Morgan fingerprint density at radius 3 is 1.95 bits per heavy atom. The van der Waals surface area contributed by atoms with Crippen molar-refractivity contribution in [1.29, 1.82) is 0 Å². The molecule has 1 rings (SSSR count). The maximum atomic E-state index is 14.3. The second-order valence-electron chi connectivity index (χ2n) is 4.91. The van der Waals surface area contributed by atoms with Crippen molar-refractivity contribution in [1.82, 2.24) is 4.90 Å². The lowest BCUT2D eigenvalue weighted by Gasteiger charge is -2.45. The van der Waals surface area contributed by atoms with Gasteiger partial charge in [0.1, 0.15) is 10.3 Å². The molecule has 0 spiro atoms. The highest BCUT2D eigenvalue weighted by atomic mass is 79.9. The molecule has 2 atom stereocenters. The average Bonchev–Trinajstić information content (AvgIpc) is 2.35. The van der Waals surface area contributed by atoms with E-state index >= 15 is 0 Å². The molecule has 0 fully saturated rings. The van der Waals surface area contributed by atoms with Gasteiger partial charge in [-0.05, 0) is 6.42 Å². The summed E-state index contributed by atoms with van der Waals surface area (Å²) >= 11 is 8.83. The molecule has 0 bridgehead atoms. The quantitative estimate of drug-likeness (QED) is 0.329. The lowest BCUT2D eigenvalue weighted by Crippen LogP contribution is -2.60. The van der Waals surface area contributed by atoms with Gasteiger partial charge in [-0.15, -0.1) is 11.6 Å². The highest BCUT2D eigenvalue weighted by molar-refractivity contribution is 9.09. The van der Waals surface area contributed by atoms with Crippen molar-refractivity contribution in [3.05, 3.63) is 17.2 Å². The first-order valence-electron chi connectivity index (χ1n) is 6.26. The Morgan fingerprint density at radius 1 is 1.14 bits per heavy atom. The Labute approximate surface area is 136 Å². The molecular weight excluding hydrogens is 406 g/mol. The minimum Gasteiger partial charge on any atom is -0.357 e. The highest BCUT2D eigenvalue weighted by Crippen LogP contribution is 2.54. The average molecular weight is 420 g/mol. The molecule has 22 heavy (non-hydrogen) atoms. The van der Waals surface area contributed by atoms with E-state index in [4.69, 9.17) is 11.6 Å². The van der Waals surface area contributed by atoms with Crippen LogP contribution in [0.25, 0.3) is 0 Å². The molecule has 1 aliphatic heterocycles. The van der Waals surface area contributed by atoms with Crippen LogP contribution in [-0.2, 0) is 0 Å². The number of halogens is 9. The number of allylic oxidation sites excluding steroid dienone is 2. The van der Waals surface area contributed by atoms with Gasteiger partial charge in [0.15, 0.2) is 0 Å². The van der Waals surface area contributed by atoms with Crippen LogP contribution in [0.3, 0.4) is 0 Å². The van der Waals surface area contributed by atoms with Crippen molar-refractivity contribution in [2.45, 2.75) is 43.2 Å². The number of hydrogen-bond donors (Lipinski definition) is 0. The van der Waals surface area contributed by atoms with E-state index in [1.54, 1.807) is 6.92 Å². The van der Waals surface area contributed by atoms with Crippen molar-refractivity contribution in [2.75, 3.05) is 6.54 Å². The van der Waals surface area contributed by atoms with Crippen molar-refractivity contribution in [2.24, 2.45) is 5.92 Å². The zero-order valence-corrected chi connectivity index (χ0v) is 13.8. The van der Waals surface area contributed by atoms with Crippen molar-refractivity contribution >= 4 is 27.5 Å². The maximum Gasteiger partial charge on any atom is 0.437 e. The minimum atomic E-state index is -6.14. The van der Waals surface area contributed by atoms with Crippen LogP contribution in [0.1, 0.15) is 20.3 Å². The molecule has 0 saturated carbocycles. The van der Waals surface area contributed by atoms with Gasteiger partial charge in [0.2, 0.25) is 0 Å². The molecule has 10 heteroatoms. The standard InChI is InChI=1S/C12H13BrClF7N/c1-3-4-22-7(5-6(2)8(14)9(22)13)10(15,11(16,17)18)12(19,20)21/h5-6,9H,3-4H2,1-2H3. The van der Waals surface area contributed by atoms with Gasteiger partial charge in [-0.25, -0.2) is 4.39 Å². The van der Waals surface area contributed by atoms with Crippen LogP contribution >= 0.6 is 27.5 Å². The van der Waals surface area contributed by atoms with Gasteiger partial charge in [-0.2, -0.15) is 26.3 Å². The van der Waals surface area contributed by atoms with E-state index in [2.05, 4.69) is 15.9 Å². The van der Waals surface area contributed by atoms with Crippen molar-refractivity contribution in [3.63, 3.8) is 0 Å². The molecule has 2 unspecified atom stereocenters. The highest BCUT2D eigenvalue weighted by Gasteiger charge is 2.76. The van der Waals surface area contributed by atoms with E-state index in [9.17, 15) is 30.7 Å². The maximum absolute atomic E-state index is 14.3. The van der Waals surface area contributed by atoms with E-state index in [-0.39, 0.29) is 18.3 Å². The van der Waals surface area contributed by atoms with Gasteiger partial charge in [-0.3, -0.25) is 0 Å². The lowest BCUT2D eigenvalue weighted by molar-refractivity contribution is -0.331. The monoisotopic (exact) mass is 418 g/mol. The number of rotatable bonds is 3. The van der Waals surface area contributed by atoms with Crippen molar-refractivity contribution < 1.29 is 30.7 Å². The summed E-state index contributed by atoms with van der Waals surface area (Å²) in [7, 11) is 0. The zero-order valence-electron chi connectivity index (χ0n) is 11.5. The molecule has 1 aliphatic rings. The molecule has 0 amide bonds. The number of alkyl halides is 8. The number of hydrogen-bond acceptors (Lipinski definition) is 1. The van der Waals surface area contributed by atoms with Crippen LogP contribution in [0.2, 0.25) is 0 Å². The molecule has 0 N–H and O–H groups in total. The van der Waals surface area contributed by atoms with Crippen LogP contribution in [0.4, 0.5) is 30.7 Å². The van der Waals surface area contributed by atoms with E-state index < -0.39 is 34.6 Å². The third-order valence-electron chi connectivity index (χ3n) is 3.25. The van der Waals surface area contributed by atoms with E-state index in [1.807, 2.05) is 0 Å². The van der Waals surface area contributed by atoms with Gasteiger partial charge in [0, 0.05) is 12.5 Å². The topological polar surface area (TPSA) is 3.24 Å². The second kappa shape index (κ2) is 6.37. The fourth-order valence-electron chi connectivity index (χ4n) is 2.14. The normalized spacial score (nSPS) is 25.4. The number of nitrogens with zero attached hydrogens (tertiary/aromatic N) is 1. The molecule has 1 radical (unpaired) electrons. The van der Waals surface area contributed by atoms with Gasteiger partial charge < -0.3 is 4.90 Å². The lowest BCUT2D eigenvalue weighted by atomic mass is 9.90. The van der Waals surface area contributed by atoms with Gasteiger partial charge in [0.25, 0.3) is 0 Å². The molecule has 0 aromatic carbocycles. The molecule has 0 aromatic heterocycles. The largest absolute Gasteiger partial charge is 0.437 e. The fourth-order valence-corrected chi connectivity index (χ4v) is 3.16. The molecular formula is C12H13BrClF7N. The summed E-state index contributed by atoms with van der Waals surface area (Å²) in [6.45, 7) is 2.62. The Balaban J connectivity index is 3.53. The summed E-state index contributed by atoms with van der Waals surface area (Å²) < 4.78 is 91.9. The van der Waals surface area contributed by atoms with Gasteiger partial charge in [0.05, 0.1) is 5.70 Å². The van der Waals surface area contributed by atoms with Crippen LogP contribution in [0, 0.1) is 11.3 Å². The van der Waals surface area contributed by atoms with E-state index in [0.717, 1.165) is 0 Å². The molecule has 129 valence electrons. The van der Waals surface area contributed by atoms with Gasteiger partial charge >= 0.3 is 18.0 Å². The summed E-state index contributed by atoms with van der Waals surface area (Å²) in [5.74, 6) is -0.950. The third-order valence-corrected chi connectivity index (χ3v) is 5.05. The van der Waals surface area contributed by atoms with E-state index in [0.29, 0.717) is 11.0 Å². The minimum absolute atomic E-state index is 0.0869. The van der Waals surface area contributed by atoms with Crippen molar-refractivity contribution in [3.8, 4) is 0 Å². The fraction of sp³-hybridized carbons (Fsp3) is 0.750. The first-order valence-corrected chi connectivity index (χ1v) is 7.56. The predicted octanol–water partition coefficient (Wildman–Crippen LogP) is 5.56. The van der Waals surface area contributed by atoms with Crippen LogP contribution in [-0.4, -0.2) is 34.4 Å². The first kappa shape index (κ1) is 19.9. The molecule has 0 aromatic rings. The summed E-state index contributed by atoms with van der Waals surface area (Å²) in [5.41, 5.74) is -6.93. The Hall–Kier alpha value is -0.180. The van der Waals surface area contributed by atoms with Gasteiger partial charge in [-0.1, -0.05) is 35.9 Å². The van der Waals surface area contributed by atoms with E-state index in [1.165, 1.54) is 6.92 Å². The SMILES string of the molecule is CCCN1C(C(F)(C(F)(F)F)C(F)(F)F)=CC(C)[C](Cl)C1Br. The molecule has 0 saturated heterocycles. The van der Waals surface area contributed by atoms with Crippen LogP contribution in [0.5, 0.6) is 0 Å². The first-order chi connectivity index (χ1) is 9.79. The summed E-state index contributed by atoms with van der Waals surface area (Å²) in [4.78, 5) is -0.465. The summed E-state index contributed by atoms with van der Waals surface area (Å²) in [5, 5.41) is 0.0869. The Bertz CT molecular complexity index is 420. The summed E-state index contributed by atoms with van der Waals surface area (Å²) in [6.07, 6.45) is -11.5. The molecule has 1 heterocycles. The zero-order chi connectivity index (χ0) is 17.5. The third kappa shape index (κ3) is 3.20. The predicted molar refractivity (Wildman–Crippen MR) is 72.0 cm³/mol. The molecule has 0 aliphatic carbocycles. The van der Waals surface area contributed by atoms with Crippen LogP contribution < -0.4 is 0 Å². The molecule has 1 nitrogen and oxygen atoms in total. The Morgan fingerprint density at radius 2 is 1.59 bits per heavy atom.